The average Bonchev–Trinajstić information content (AvgIpc) is 1.50. The van der Waals surface area contributed by atoms with Crippen LogP contribution in [0.25, 0.3) is 0 Å². The Hall–Kier alpha value is -0.151. The summed E-state index contributed by atoms with van der Waals surface area (Å²) in [6.07, 6.45) is 0. The van der Waals surface area contributed by atoms with Crippen LogP contribution < -0.4 is 10.2 Å². The number of hydrogen-bond donors (Lipinski definition) is 0. The van der Waals surface area contributed by atoms with Gasteiger partial charge in [0, 0.05) is 22.3 Å². The van der Waals surface area contributed by atoms with E-state index in [0.29, 0.717) is 0 Å². The van der Waals surface area contributed by atoms with E-state index in [4.69, 9.17) is 37.3 Å². The molecule has 0 atom stereocenters. The SMILES string of the molecule is CC(=O)[O-].CC(=O)[O-].O=S(=O)([O-])[O-].[Mn+2].[Mn+2]. The molecule has 0 aromatic heterocycles. The molecular weight excluding hydrogens is 318 g/mol. The number of hydrogen-bond acceptors (Lipinski definition) is 8. The summed E-state index contributed by atoms with van der Waals surface area (Å²) in [6, 6.07) is 0. The van der Waals surface area contributed by atoms with Crippen molar-refractivity contribution >= 4 is 22.3 Å². The van der Waals surface area contributed by atoms with Crippen molar-refractivity contribution in [1.82, 2.24) is 0 Å². The molecule has 0 aliphatic heterocycles. The minimum Gasteiger partial charge on any atom is -0.759 e. The molecule has 0 aliphatic carbocycles. The average molecular weight is 324 g/mol. The third-order valence-corrected chi connectivity index (χ3v) is 0. The topological polar surface area (TPSA) is 161 Å². The molecule has 0 aliphatic rings. The van der Waals surface area contributed by atoms with E-state index in [0.717, 1.165) is 13.8 Å². The molecule has 0 rings (SSSR count). The second-order valence-electron chi connectivity index (χ2n) is 1.39. The summed E-state index contributed by atoms with van der Waals surface area (Å²) in [5.74, 6) is -2.17. The molecule has 0 unspecified atom stereocenters. The normalized spacial score (nSPS) is 7.20. The number of aliphatic carboxylic acids is 2. The molecule has 11 heteroatoms. The summed E-state index contributed by atoms with van der Waals surface area (Å²) in [5, 5.41) is 17.8. The first-order valence-electron chi connectivity index (χ1n) is 2.48. The smallest absolute Gasteiger partial charge is 0.759 e. The van der Waals surface area contributed by atoms with E-state index < -0.39 is 22.3 Å². The van der Waals surface area contributed by atoms with Crippen LogP contribution >= 0.6 is 0 Å². The van der Waals surface area contributed by atoms with Crippen molar-refractivity contribution in [3.05, 3.63) is 0 Å². The van der Waals surface area contributed by atoms with Gasteiger partial charge in [0.1, 0.15) is 0 Å². The zero-order valence-corrected chi connectivity index (χ0v) is 10.6. The van der Waals surface area contributed by atoms with Crippen molar-refractivity contribution in [2.75, 3.05) is 0 Å². The van der Waals surface area contributed by atoms with E-state index in [1.807, 2.05) is 0 Å². The minimum atomic E-state index is -5.17. The predicted molar refractivity (Wildman–Crippen MR) is 31.8 cm³/mol. The zero-order valence-electron chi connectivity index (χ0n) is 7.43. The molecule has 8 nitrogen and oxygen atoms in total. The van der Waals surface area contributed by atoms with Crippen LogP contribution in [0, 0.1) is 0 Å². The zero-order chi connectivity index (χ0) is 11.7. The number of carbonyl (C=O) groups is 2. The van der Waals surface area contributed by atoms with Crippen molar-refractivity contribution in [2.24, 2.45) is 0 Å². The summed E-state index contributed by atoms with van der Waals surface area (Å²) in [6.45, 7) is 1.94. The Balaban J connectivity index is -0.0000000315. The van der Waals surface area contributed by atoms with E-state index in [2.05, 4.69) is 0 Å². The first-order valence-corrected chi connectivity index (χ1v) is 3.82. The Morgan fingerprint density at radius 2 is 0.867 bits per heavy atom. The van der Waals surface area contributed by atoms with Crippen LogP contribution in [0.3, 0.4) is 0 Å². The maximum atomic E-state index is 8.89. The first-order chi connectivity index (χ1) is 5.46. The Bertz CT molecular complexity index is 219. The number of carboxylic acid groups (broad SMARTS) is 2. The molecule has 90 valence electrons. The van der Waals surface area contributed by atoms with Gasteiger partial charge in [0.2, 0.25) is 0 Å². The van der Waals surface area contributed by atoms with Crippen LogP contribution in [0.2, 0.25) is 0 Å². The third-order valence-electron chi connectivity index (χ3n) is 0. The van der Waals surface area contributed by atoms with E-state index in [1.165, 1.54) is 0 Å². The van der Waals surface area contributed by atoms with E-state index in [9.17, 15) is 0 Å². The second-order valence-corrected chi connectivity index (χ2v) is 2.21. The van der Waals surface area contributed by atoms with Gasteiger partial charge < -0.3 is 28.9 Å². The summed E-state index contributed by atoms with van der Waals surface area (Å²) in [4.78, 5) is 17.8. The number of carbonyl (C=O) groups excluding carboxylic acids is 2. The van der Waals surface area contributed by atoms with Crippen LogP contribution in [0.4, 0.5) is 0 Å². The van der Waals surface area contributed by atoms with Crippen LogP contribution in [-0.2, 0) is 54.1 Å². The minimum absolute atomic E-state index is 0. The van der Waals surface area contributed by atoms with E-state index >= 15 is 0 Å². The summed E-state index contributed by atoms with van der Waals surface area (Å²) >= 11 is 0. The number of rotatable bonds is 0. The van der Waals surface area contributed by atoms with Crippen LogP contribution in [0.15, 0.2) is 0 Å². The van der Waals surface area contributed by atoms with Gasteiger partial charge in [-0.2, -0.15) is 0 Å². The Morgan fingerprint density at radius 3 is 0.867 bits per heavy atom. The van der Waals surface area contributed by atoms with Gasteiger partial charge in [0.05, 0.1) is 0 Å². The third kappa shape index (κ3) is 85200. The van der Waals surface area contributed by atoms with Crippen LogP contribution in [-0.4, -0.2) is 29.5 Å². The standard InChI is InChI=1S/2C2H4O2.2Mn.H2O4S/c2*1-2(3)4;;;1-5(2,3)4/h2*1H3,(H,3,4);;;(H2,1,2,3,4)/q;;2*+2;/p-4. The predicted octanol–water partition coefficient (Wildman–Crippen LogP) is -3.83. The van der Waals surface area contributed by atoms with E-state index in [-0.39, 0.29) is 34.1 Å². The second kappa shape index (κ2) is 16.3. The Kier molecular flexibility index (Phi) is 31.9. The van der Waals surface area contributed by atoms with Gasteiger partial charge in [0.15, 0.2) is 0 Å². The van der Waals surface area contributed by atoms with Crippen molar-refractivity contribution < 1.29 is 71.5 Å². The van der Waals surface area contributed by atoms with Crippen molar-refractivity contribution in [2.45, 2.75) is 13.8 Å². The fraction of sp³-hybridized carbons (Fsp3) is 0.500. The molecule has 0 aromatic carbocycles. The summed E-state index contributed by atoms with van der Waals surface area (Å²) in [7, 11) is -5.17. The molecule has 0 spiro atoms. The summed E-state index contributed by atoms with van der Waals surface area (Å²) in [5.41, 5.74) is 0. The maximum absolute atomic E-state index is 8.89. The molecule has 0 amide bonds. The molecule has 0 aromatic rings. The van der Waals surface area contributed by atoms with E-state index in [1.54, 1.807) is 0 Å². The maximum Gasteiger partial charge on any atom is 2.00 e. The molecule has 0 heterocycles. The molecule has 0 saturated carbocycles. The number of carboxylic acids is 2. The van der Waals surface area contributed by atoms with Crippen LogP contribution in [0.1, 0.15) is 13.8 Å². The van der Waals surface area contributed by atoms with Gasteiger partial charge in [-0.1, -0.05) is 0 Å². The Morgan fingerprint density at radius 1 is 0.867 bits per heavy atom. The molecule has 15 heavy (non-hydrogen) atoms. The monoisotopic (exact) mass is 324 g/mol. The molecule has 0 N–H and O–H groups in total. The van der Waals surface area contributed by atoms with Gasteiger partial charge in [-0.05, 0) is 13.8 Å². The van der Waals surface area contributed by atoms with Crippen LogP contribution in [0.5, 0.6) is 0 Å². The van der Waals surface area contributed by atoms with Gasteiger partial charge >= 0.3 is 34.1 Å². The largest absolute Gasteiger partial charge is 2.00 e. The molecule has 0 fully saturated rings. The fourth-order valence-electron chi connectivity index (χ4n) is 0. The van der Waals surface area contributed by atoms with Gasteiger partial charge in [-0.3, -0.25) is 8.42 Å². The molecule has 0 saturated heterocycles. The van der Waals surface area contributed by atoms with Gasteiger partial charge in [-0.25, -0.2) is 0 Å². The first kappa shape index (κ1) is 29.4. The quantitative estimate of drug-likeness (QED) is 0.249. The fourth-order valence-corrected chi connectivity index (χ4v) is 0. The van der Waals surface area contributed by atoms with Crippen molar-refractivity contribution in [1.29, 1.82) is 0 Å². The van der Waals surface area contributed by atoms with Gasteiger partial charge in [0.25, 0.3) is 0 Å². The Labute approximate surface area is 108 Å². The molecule has 2 radical (unpaired) electrons. The van der Waals surface area contributed by atoms with Crippen molar-refractivity contribution in [3.8, 4) is 0 Å². The molecule has 0 bridgehead atoms. The van der Waals surface area contributed by atoms with Gasteiger partial charge in [-0.15, -0.1) is 0 Å². The summed E-state index contributed by atoms with van der Waals surface area (Å²) < 4.78 is 34.1. The molecular formula is C4H6Mn2O8S. The van der Waals surface area contributed by atoms with Crippen molar-refractivity contribution in [3.63, 3.8) is 0 Å².